The predicted molar refractivity (Wildman–Crippen MR) is 79.6 cm³/mol. The summed E-state index contributed by atoms with van der Waals surface area (Å²) in [5, 5.41) is 0. The van der Waals surface area contributed by atoms with Gasteiger partial charge in [0.2, 0.25) is 11.8 Å². The van der Waals surface area contributed by atoms with Gasteiger partial charge >= 0.3 is 0 Å². The number of rotatable bonds is 1. The largest absolute Gasteiger partial charge is 0.283 e. The van der Waals surface area contributed by atoms with Gasteiger partial charge in [-0.05, 0) is 13.0 Å². The van der Waals surface area contributed by atoms with E-state index >= 15 is 0 Å². The molecule has 3 rings (SSSR count). The number of hydrogen-bond donors (Lipinski definition) is 0. The Kier molecular flexibility index (Phi) is 3.16. The average molecular weight is 336 g/mol. The highest BCUT2D eigenvalue weighted by Crippen LogP contribution is 2.50. The van der Waals surface area contributed by atoms with E-state index in [4.69, 9.17) is 0 Å². The van der Waals surface area contributed by atoms with Gasteiger partial charge in [-0.25, -0.2) is 12.7 Å². The molecule has 122 valence electrons. The van der Waals surface area contributed by atoms with E-state index < -0.39 is 33.3 Å². The van der Waals surface area contributed by atoms with Crippen molar-refractivity contribution in [2.45, 2.75) is 37.1 Å². The Balaban J connectivity index is 2.41. The number of likely N-dealkylation sites (tertiary alicyclic amines) is 1. The summed E-state index contributed by atoms with van der Waals surface area (Å²) >= 11 is 0. The van der Waals surface area contributed by atoms with E-state index in [2.05, 4.69) is 0 Å². The molecule has 0 saturated carbocycles. The predicted octanol–water partition coefficient (Wildman–Crippen LogP) is 0.520. The van der Waals surface area contributed by atoms with Crippen molar-refractivity contribution < 1.29 is 22.8 Å². The fraction of sp³-hybridized carbons (Fsp3) is 0.400. The van der Waals surface area contributed by atoms with Crippen molar-refractivity contribution >= 4 is 27.7 Å². The van der Waals surface area contributed by atoms with Crippen LogP contribution in [0, 0.1) is 6.92 Å². The number of hydrogen-bond acceptors (Lipinski definition) is 5. The quantitative estimate of drug-likeness (QED) is 0.697. The first-order valence-corrected chi connectivity index (χ1v) is 8.62. The molecule has 3 amide bonds. The smallest absolute Gasteiger partial charge is 0.268 e. The zero-order valence-electron chi connectivity index (χ0n) is 13.0. The van der Waals surface area contributed by atoms with E-state index in [1.165, 1.54) is 20.0 Å². The third kappa shape index (κ3) is 1.75. The number of amides is 3. The van der Waals surface area contributed by atoms with Crippen molar-refractivity contribution in [3.05, 3.63) is 29.3 Å². The van der Waals surface area contributed by atoms with Crippen LogP contribution in [0.4, 0.5) is 0 Å². The minimum Gasteiger partial charge on any atom is -0.283 e. The van der Waals surface area contributed by atoms with Crippen LogP contribution in [0.1, 0.15) is 30.9 Å². The van der Waals surface area contributed by atoms with Gasteiger partial charge in [-0.2, -0.15) is 0 Å². The number of carbonyl (C=O) groups is 3. The molecule has 2 aliphatic heterocycles. The first-order valence-electron chi connectivity index (χ1n) is 7.18. The summed E-state index contributed by atoms with van der Waals surface area (Å²) < 4.78 is 26.3. The number of benzene rings is 1. The van der Waals surface area contributed by atoms with Crippen molar-refractivity contribution in [2.75, 3.05) is 7.05 Å². The summed E-state index contributed by atoms with van der Waals surface area (Å²) in [4.78, 5) is 38.0. The molecule has 2 heterocycles. The molecule has 23 heavy (non-hydrogen) atoms. The molecule has 0 N–H and O–H groups in total. The first kappa shape index (κ1) is 15.7. The number of carbonyl (C=O) groups excluding carboxylic acids is 3. The van der Waals surface area contributed by atoms with Gasteiger partial charge < -0.3 is 0 Å². The van der Waals surface area contributed by atoms with Crippen molar-refractivity contribution in [2.24, 2.45) is 0 Å². The van der Waals surface area contributed by atoms with E-state index in [0.29, 0.717) is 4.31 Å². The Morgan fingerprint density at radius 1 is 1.30 bits per heavy atom. The summed E-state index contributed by atoms with van der Waals surface area (Å²) in [6.45, 7) is 3.28. The van der Waals surface area contributed by atoms with Gasteiger partial charge in [0.1, 0.15) is 0 Å². The molecule has 1 aromatic rings. The number of sulfonamides is 1. The fourth-order valence-corrected chi connectivity index (χ4v) is 5.26. The molecule has 1 unspecified atom stereocenters. The summed E-state index contributed by atoms with van der Waals surface area (Å²) in [6, 6.07) is 4.57. The molecule has 0 aliphatic carbocycles. The molecule has 0 aromatic heterocycles. The fourth-order valence-electron chi connectivity index (χ4n) is 3.27. The summed E-state index contributed by atoms with van der Waals surface area (Å²) in [5.41, 5.74) is -0.819. The maximum absolute atomic E-state index is 12.8. The van der Waals surface area contributed by atoms with Gasteiger partial charge in [-0.1, -0.05) is 24.6 Å². The van der Waals surface area contributed by atoms with E-state index in [9.17, 15) is 22.8 Å². The molecule has 1 aromatic carbocycles. The van der Waals surface area contributed by atoms with Crippen LogP contribution in [0.25, 0.3) is 0 Å². The van der Waals surface area contributed by atoms with Gasteiger partial charge in [-0.15, -0.1) is 0 Å². The lowest BCUT2D eigenvalue weighted by molar-refractivity contribution is -0.144. The van der Waals surface area contributed by atoms with Crippen molar-refractivity contribution in [1.29, 1.82) is 0 Å². The van der Waals surface area contributed by atoms with Crippen LogP contribution in [0.5, 0.6) is 0 Å². The lowest BCUT2D eigenvalue weighted by Crippen LogP contribution is -2.51. The van der Waals surface area contributed by atoms with E-state index in [-0.39, 0.29) is 23.3 Å². The number of imide groups is 1. The third-order valence-electron chi connectivity index (χ3n) is 4.41. The Labute approximate surface area is 133 Å². The van der Waals surface area contributed by atoms with Gasteiger partial charge in [0.25, 0.3) is 15.9 Å². The van der Waals surface area contributed by atoms with Crippen LogP contribution in [0.15, 0.2) is 23.1 Å². The highest BCUT2D eigenvalue weighted by Gasteiger charge is 2.65. The lowest BCUT2D eigenvalue weighted by atomic mass is 9.87. The van der Waals surface area contributed by atoms with Gasteiger partial charge in [0.15, 0.2) is 5.54 Å². The van der Waals surface area contributed by atoms with E-state index in [1.54, 1.807) is 19.1 Å². The van der Waals surface area contributed by atoms with Crippen LogP contribution < -0.4 is 0 Å². The molecular weight excluding hydrogens is 320 g/mol. The maximum Gasteiger partial charge on any atom is 0.268 e. The van der Waals surface area contributed by atoms with E-state index in [1.807, 2.05) is 0 Å². The van der Waals surface area contributed by atoms with Crippen LogP contribution >= 0.6 is 0 Å². The van der Waals surface area contributed by atoms with Crippen LogP contribution in [0.3, 0.4) is 0 Å². The second-order valence-electron chi connectivity index (χ2n) is 5.81. The molecule has 1 spiro atoms. The molecule has 7 nitrogen and oxygen atoms in total. The summed E-state index contributed by atoms with van der Waals surface area (Å²) in [7, 11) is -2.86. The molecule has 8 heteroatoms. The Morgan fingerprint density at radius 2 is 1.96 bits per heavy atom. The molecule has 1 atom stereocenters. The SMILES string of the molecule is CCC(=O)N1C2(CC(=O)N(C)C2=O)c2cc(C)ccc2S1(=O)=O. The zero-order valence-corrected chi connectivity index (χ0v) is 13.8. The Hall–Kier alpha value is -2.22. The van der Waals surface area contributed by atoms with Crippen molar-refractivity contribution in [3.8, 4) is 0 Å². The van der Waals surface area contributed by atoms with Crippen LogP contribution in [-0.4, -0.2) is 42.4 Å². The number of likely N-dealkylation sites (N-methyl/N-ethyl adjacent to an activating group) is 1. The molecule has 0 radical (unpaired) electrons. The van der Waals surface area contributed by atoms with E-state index in [0.717, 1.165) is 10.5 Å². The molecule has 2 aliphatic rings. The lowest BCUT2D eigenvalue weighted by Gasteiger charge is -2.31. The first-order chi connectivity index (χ1) is 10.7. The topological polar surface area (TPSA) is 91.8 Å². The second kappa shape index (κ2) is 4.64. The Bertz CT molecular complexity index is 861. The number of fused-ring (bicyclic) bond motifs is 2. The number of nitrogens with zero attached hydrogens (tertiary/aromatic N) is 2. The highest BCUT2D eigenvalue weighted by molar-refractivity contribution is 7.90. The monoisotopic (exact) mass is 336 g/mol. The van der Waals surface area contributed by atoms with Crippen LogP contribution in [0.2, 0.25) is 0 Å². The highest BCUT2D eigenvalue weighted by atomic mass is 32.2. The van der Waals surface area contributed by atoms with Crippen molar-refractivity contribution in [3.63, 3.8) is 0 Å². The number of aryl methyl sites for hydroxylation is 1. The third-order valence-corrected chi connectivity index (χ3v) is 6.32. The molecule has 1 saturated heterocycles. The minimum atomic E-state index is -4.16. The van der Waals surface area contributed by atoms with Gasteiger partial charge in [0, 0.05) is 19.0 Å². The minimum absolute atomic E-state index is 0.0821. The Morgan fingerprint density at radius 3 is 2.48 bits per heavy atom. The molecule has 0 bridgehead atoms. The molecule has 1 fully saturated rings. The van der Waals surface area contributed by atoms with Gasteiger partial charge in [0.05, 0.1) is 11.3 Å². The standard InChI is InChI=1S/C15H16N2O5S/c1-4-12(18)17-15(8-13(19)16(3)14(15)20)10-7-9(2)5-6-11(10)23(17,21)22/h5-7H,4,8H2,1-3H3. The van der Waals surface area contributed by atoms with Gasteiger partial charge in [-0.3, -0.25) is 19.3 Å². The van der Waals surface area contributed by atoms with Crippen molar-refractivity contribution in [1.82, 2.24) is 9.21 Å². The zero-order chi connectivity index (χ0) is 17.2. The maximum atomic E-state index is 12.8. The van der Waals surface area contributed by atoms with Crippen LogP contribution in [-0.2, 0) is 29.9 Å². The summed E-state index contributed by atoms with van der Waals surface area (Å²) in [5.74, 6) is -1.89. The molecular formula is C15H16N2O5S. The normalized spacial score (nSPS) is 25.3. The second-order valence-corrected chi connectivity index (χ2v) is 7.57. The average Bonchev–Trinajstić information content (AvgIpc) is 2.82. The summed E-state index contributed by atoms with van der Waals surface area (Å²) in [6.07, 6.45) is -0.442.